The van der Waals surface area contributed by atoms with Gasteiger partial charge in [0.25, 0.3) is 0 Å². The Balaban J connectivity index is 1.90. The molecule has 0 aliphatic rings. The predicted octanol–water partition coefficient (Wildman–Crippen LogP) is 2.86. The molecule has 0 radical (unpaired) electrons. The van der Waals surface area contributed by atoms with Gasteiger partial charge in [0.05, 0.1) is 7.11 Å². The zero-order valence-electron chi connectivity index (χ0n) is 13.0. The molecule has 0 aliphatic heterocycles. The number of aromatic hydroxyl groups is 2. The predicted molar refractivity (Wildman–Crippen MR) is 88.1 cm³/mol. The van der Waals surface area contributed by atoms with Gasteiger partial charge in [-0.15, -0.1) is 0 Å². The molecule has 0 fully saturated rings. The van der Waals surface area contributed by atoms with E-state index in [1.165, 1.54) is 12.1 Å². The zero-order chi connectivity index (χ0) is 16.8. The first-order valence-corrected chi connectivity index (χ1v) is 7.20. The summed E-state index contributed by atoms with van der Waals surface area (Å²) >= 11 is 0. The number of rotatable bonds is 5. The van der Waals surface area contributed by atoms with E-state index >= 15 is 0 Å². The van der Waals surface area contributed by atoms with Crippen LogP contribution >= 0.6 is 0 Å². The summed E-state index contributed by atoms with van der Waals surface area (Å²) in [7, 11) is 1.56. The Morgan fingerprint density at radius 3 is 2.65 bits per heavy atom. The number of anilines is 1. The largest absolute Gasteiger partial charge is 0.504 e. The molecule has 0 aliphatic carbocycles. The van der Waals surface area contributed by atoms with Gasteiger partial charge in [0.2, 0.25) is 0 Å². The molecule has 0 saturated carbocycles. The second-order valence-corrected chi connectivity index (χ2v) is 5.26. The van der Waals surface area contributed by atoms with E-state index in [0.29, 0.717) is 17.9 Å². The Morgan fingerprint density at radius 1 is 1.17 bits per heavy atom. The molecule has 4 N–H and O–H groups in total. The lowest BCUT2D eigenvalue weighted by Crippen LogP contribution is -2.37. The number of hydrogen-bond acceptors (Lipinski definition) is 4. The second-order valence-electron chi connectivity index (χ2n) is 5.26. The van der Waals surface area contributed by atoms with Crippen LogP contribution < -0.4 is 15.4 Å². The van der Waals surface area contributed by atoms with Crippen molar-refractivity contribution in [2.45, 2.75) is 19.4 Å². The van der Waals surface area contributed by atoms with E-state index in [1.807, 2.05) is 6.92 Å². The van der Waals surface area contributed by atoms with Crippen molar-refractivity contribution in [3.8, 4) is 17.2 Å². The third-order valence-corrected chi connectivity index (χ3v) is 3.29. The van der Waals surface area contributed by atoms with Gasteiger partial charge in [-0.1, -0.05) is 12.1 Å². The average Bonchev–Trinajstić information content (AvgIpc) is 2.51. The van der Waals surface area contributed by atoms with Crippen LogP contribution in [-0.4, -0.2) is 29.4 Å². The Kier molecular flexibility index (Phi) is 5.30. The molecule has 6 heteroatoms. The molecule has 0 bridgehead atoms. The fourth-order valence-electron chi connectivity index (χ4n) is 2.19. The molecule has 1 atom stereocenters. The topological polar surface area (TPSA) is 90.8 Å². The molecule has 0 aromatic heterocycles. The van der Waals surface area contributed by atoms with Crippen molar-refractivity contribution in [2.24, 2.45) is 0 Å². The van der Waals surface area contributed by atoms with Crippen LogP contribution in [0.3, 0.4) is 0 Å². The third-order valence-electron chi connectivity index (χ3n) is 3.29. The minimum absolute atomic E-state index is 0.149. The molecule has 2 aromatic rings. The number of ether oxygens (including phenoxy) is 1. The van der Waals surface area contributed by atoms with Gasteiger partial charge in [0, 0.05) is 17.8 Å². The number of carbonyl (C=O) groups excluding carboxylic acids is 1. The van der Waals surface area contributed by atoms with Crippen molar-refractivity contribution >= 4 is 11.7 Å². The van der Waals surface area contributed by atoms with Crippen LogP contribution in [0, 0.1) is 0 Å². The van der Waals surface area contributed by atoms with Crippen LogP contribution in [0.1, 0.15) is 12.5 Å². The number of phenols is 2. The maximum absolute atomic E-state index is 12.0. The van der Waals surface area contributed by atoms with Crippen LogP contribution in [0.15, 0.2) is 42.5 Å². The number of benzene rings is 2. The van der Waals surface area contributed by atoms with E-state index in [0.717, 1.165) is 5.56 Å². The molecular weight excluding hydrogens is 296 g/mol. The van der Waals surface area contributed by atoms with Gasteiger partial charge >= 0.3 is 6.03 Å². The summed E-state index contributed by atoms with van der Waals surface area (Å²) in [4.78, 5) is 12.0. The number of nitrogens with one attached hydrogen (secondary N) is 2. The Hall–Kier alpha value is -2.89. The fraction of sp³-hybridized carbons (Fsp3) is 0.235. The SMILES string of the molecule is COc1cccc(NC(=O)N[C@@H](C)Cc2ccc(O)c(O)c2)c1. The first-order valence-electron chi connectivity index (χ1n) is 7.20. The van der Waals surface area contributed by atoms with Crippen molar-refractivity contribution in [3.63, 3.8) is 0 Å². The van der Waals surface area contributed by atoms with Crippen molar-refractivity contribution in [1.29, 1.82) is 0 Å². The lowest BCUT2D eigenvalue weighted by atomic mass is 10.1. The van der Waals surface area contributed by atoms with Gasteiger partial charge in [-0.25, -0.2) is 4.79 Å². The summed E-state index contributed by atoms with van der Waals surface area (Å²) in [5, 5.41) is 24.3. The van der Waals surface area contributed by atoms with E-state index in [9.17, 15) is 15.0 Å². The smallest absolute Gasteiger partial charge is 0.319 e. The average molecular weight is 316 g/mol. The molecule has 0 saturated heterocycles. The third kappa shape index (κ3) is 4.81. The molecule has 2 amide bonds. The molecule has 122 valence electrons. The summed E-state index contributed by atoms with van der Waals surface area (Å²) in [5.74, 6) is 0.330. The van der Waals surface area contributed by atoms with Gasteiger partial charge in [-0.05, 0) is 43.2 Å². The summed E-state index contributed by atoms with van der Waals surface area (Å²) in [6, 6.07) is 11.2. The zero-order valence-corrected chi connectivity index (χ0v) is 13.0. The summed E-state index contributed by atoms with van der Waals surface area (Å²) < 4.78 is 5.10. The van der Waals surface area contributed by atoms with Crippen molar-refractivity contribution in [1.82, 2.24) is 5.32 Å². The highest BCUT2D eigenvalue weighted by molar-refractivity contribution is 5.89. The van der Waals surface area contributed by atoms with Gasteiger partial charge in [0.1, 0.15) is 5.75 Å². The molecule has 0 spiro atoms. The fourth-order valence-corrected chi connectivity index (χ4v) is 2.19. The van der Waals surface area contributed by atoms with Crippen molar-refractivity contribution < 1.29 is 19.7 Å². The summed E-state index contributed by atoms with van der Waals surface area (Å²) in [5.41, 5.74) is 1.45. The Morgan fingerprint density at radius 2 is 1.96 bits per heavy atom. The molecule has 23 heavy (non-hydrogen) atoms. The van der Waals surface area contributed by atoms with E-state index in [4.69, 9.17) is 4.74 Å². The van der Waals surface area contributed by atoms with Gasteiger partial charge in [-0.3, -0.25) is 0 Å². The lowest BCUT2D eigenvalue weighted by Gasteiger charge is -2.15. The standard InChI is InChI=1S/C17H20N2O4/c1-11(8-12-6-7-15(20)16(21)9-12)18-17(22)19-13-4-3-5-14(10-13)23-2/h3-7,9-11,20-21H,8H2,1-2H3,(H2,18,19,22)/t11-/m0/s1. The molecule has 0 unspecified atom stereocenters. The second kappa shape index (κ2) is 7.40. The Bertz CT molecular complexity index is 688. The highest BCUT2D eigenvalue weighted by Crippen LogP contribution is 2.25. The number of amides is 2. The van der Waals surface area contributed by atoms with Crippen molar-refractivity contribution in [3.05, 3.63) is 48.0 Å². The van der Waals surface area contributed by atoms with E-state index in [1.54, 1.807) is 37.4 Å². The Labute approximate surface area is 134 Å². The maximum Gasteiger partial charge on any atom is 0.319 e. The number of hydrogen-bond donors (Lipinski definition) is 4. The molecule has 6 nitrogen and oxygen atoms in total. The molecular formula is C17H20N2O4. The van der Waals surface area contributed by atoms with E-state index < -0.39 is 0 Å². The lowest BCUT2D eigenvalue weighted by molar-refractivity contribution is 0.249. The quantitative estimate of drug-likeness (QED) is 0.638. The first kappa shape index (κ1) is 16.5. The van der Waals surface area contributed by atoms with Gasteiger partial charge < -0.3 is 25.6 Å². The van der Waals surface area contributed by atoms with Gasteiger partial charge in [0.15, 0.2) is 11.5 Å². The van der Waals surface area contributed by atoms with E-state index in [-0.39, 0.29) is 23.6 Å². The summed E-state index contributed by atoms with van der Waals surface area (Å²) in [6.45, 7) is 1.86. The first-order chi connectivity index (χ1) is 11.0. The number of carbonyl (C=O) groups is 1. The minimum atomic E-state index is -0.325. The van der Waals surface area contributed by atoms with E-state index in [2.05, 4.69) is 10.6 Å². The molecule has 2 aromatic carbocycles. The summed E-state index contributed by atoms with van der Waals surface area (Å²) in [6.07, 6.45) is 0.527. The number of methoxy groups -OCH3 is 1. The van der Waals surface area contributed by atoms with Crippen LogP contribution in [0.5, 0.6) is 17.2 Å². The van der Waals surface area contributed by atoms with Crippen LogP contribution in [0.4, 0.5) is 10.5 Å². The van der Waals surface area contributed by atoms with Crippen LogP contribution in [-0.2, 0) is 6.42 Å². The van der Waals surface area contributed by atoms with Gasteiger partial charge in [-0.2, -0.15) is 0 Å². The number of urea groups is 1. The monoisotopic (exact) mass is 316 g/mol. The normalized spacial score (nSPS) is 11.6. The highest BCUT2D eigenvalue weighted by atomic mass is 16.5. The molecule has 0 heterocycles. The molecule has 2 rings (SSSR count). The van der Waals surface area contributed by atoms with Crippen LogP contribution in [0.25, 0.3) is 0 Å². The van der Waals surface area contributed by atoms with Crippen molar-refractivity contribution in [2.75, 3.05) is 12.4 Å². The minimum Gasteiger partial charge on any atom is -0.504 e. The highest BCUT2D eigenvalue weighted by Gasteiger charge is 2.10. The maximum atomic E-state index is 12.0. The van der Waals surface area contributed by atoms with Crippen LogP contribution in [0.2, 0.25) is 0 Å². The number of phenolic OH excluding ortho intramolecular Hbond substituents is 2.